The van der Waals surface area contributed by atoms with Gasteiger partial charge in [0.2, 0.25) is 17.6 Å². The van der Waals surface area contributed by atoms with Crippen molar-refractivity contribution in [1.82, 2.24) is 20.8 Å². The number of nitrogens with zero attached hydrogens (tertiary/aromatic N) is 2. The summed E-state index contributed by atoms with van der Waals surface area (Å²) in [4.78, 5) is 16.5. The number of halogens is 1. The number of morpholine rings is 1. The zero-order valence-corrected chi connectivity index (χ0v) is 15.5. The number of aromatic nitrogens is 2. The summed E-state index contributed by atoms with van der Waals surface area (Å²) in [6.45, 7) is 3.80. The molecule has 2 N–H and O–H groups in total. The van der Waals surface area contributed by atoms with E-state index in [0.29, 0.717) is 37.1 Å². The third kappa shape index (κ3) is 5.17. The standard InChI is InChI=1S/C17H22N4O4.ClH/c1-11(19-15(22)9-13-10-24-7-6-18-13)17-20-16(21-25-17)12-4-3-5-14(8-12)23-2;/h3-5,8,11,13,18H,6-7,9-10H2,1-2H3,(H,19,22);1H. The predicted octanol–water partition coefficient (Wildman–Crippen LogP) is 1.72. The molecule has 0 radical (unpaired) electrons. The summed E-state index contributed by atoms with van der Waals surface area (Å²) in [6, 6.07) is 7.06. The Bertz CT molecular complexity index is 718. The van der Waals surface area contributed by atoms with Crippen LogP contribution in [0.25, 0.3) is 11.4 Å². The second kappa shape index (κ2) is 9.51. The van der Waals surface area contributed by atoms with Crippen LogP contribution in [0.5, 0.6) is 5.75 Å². The zero-order chi connectivity index (χ0) is 17.6. The summed E-state index contributed by atoms with van der Waals surface area (Å²) >= 11 is 0. The number of nitrogens with one attached hydrogen (secondary N) is 2. The molecule has 8 nitrogen and oxygen atoms in total. The van der Waals surface area contributed by atoms with Gasteiger partial charge in [-0.15, -0.1) is 12.4 Å². The first-order valence-electron chi connectivity index (χ1n) is 8.24. The number of methoxy groups -OCH3 is 1. The van der Waals surface area contributed by atoms with Crippen molar-refractivity contribution < 1.29 is 18.8 Å². The molecule has 1 fully saturated rings. The van der Waals surface area contributed by atoms with Crippen LogP contribution in [0.4, 0.5) is 0 Å². The first kappa shape index (κ1) is 20.2. The monoisotopic (exact) mass is 382 g/mol. The second-order valence-corrected chi connectivity index (χ2v) is 5.91. The molecule has 0 aliphatic carbocycles. The van der Waals surface area contributed by atoms with Gasteiger partial charge < -0.3 is 24.6 Å². The second-order valence-electron chi connectivity index (χ2n) is 5.91. The molecular weight excluding hydrogens is 360 g/mol. The molecule has 2 atom stereocenters. The van der Waals surface area contributed by atoms with E-state index >= 15 is 0 Å². The number of carbonyl (C=O) groups excluding carboxylic acids is 1. The van der Waals surface area contributed by atoms with Crippen molar-refractivity contribution >= 4 is 18.3 Å². The largest absolute Gasteiger partial charge is 0.497 e. The highest BCUT2D eigenvalue weighted by atomic mass is 35.5. The Morgan fingerprint density at radius 2 is 2.35 bits per heavy atom. The van der Waals surface area contributed by atoms with Gasteiger partial charge in [0.15, 0.2) is 0 Å². The molecule has 2 aromatic rings. The summed E-state index contributed by atoms with van der Waals surface area (Å²) in [5, 5.41) is 10.1. The summed E-state index contributed by atoms with van der Waals surface area (Å²) in [6.07, 6.45) is 0.348. The molecule has 0 saturated carbocycles. The molecule has 1 aliphatic heterocycles. The summed E-state index contributed by atoms with van der Waals surface area (Å²) in [7, 11) is 1.60. The summed E-state index contributed by atoms with van der Waals surface area (Å²) in [5.41, 5.74) is 0.788. The molecule has 1 aliphatic rings. The lowest BCUT2D eigenvalue weighted by molar-refractivity contribution is -0.123. The van der Waals surface area contributed by atoms with Gasteiger partial charge in [-0.1, -0.05) is 17.3 Å². The number of ether oxygens (including phenoxy) is 2. The van der Waals surface area contributed by atoms with Crippen LogP contribution in [0.15, 0.2) is 28.8 Å². The number of hydrogen-bond donors (Lipinski definition) is 2. The Morgan fingerprint density at radius 3 is 3.08 bits per heavy atom. The van der Waals surface area contributed by atoms with Crippen LogP contribution in [-0.2, 0) is 9.53 Å². The minimum Gasteiger partial charge on any atom is -0.497 e. The average molecular weight is 383 g/mol. The van der Waals surface area contributed by atoms with E-state index in [0.717, 1.165) is 12.1 Å². The fraction of sp³-hybridized carbons (Fsp3) is 0.471. The normalized spacial score (nSPS) is 17.8. The third-order valence-corrected chi connectivity index (χ3v) is 3.95. The molecular formula is C17H23ClN4O4. The lowest BCUT2D eigenvalue weighted by Gasteiger charge is -2.23. The van der Waals surface area contributed by atoms with Crippen LogP contribution in [0.3, 0.4) is 0 Å². The van der Waals surface area contributed by atoms with Crippen molar-refractivity contribution in [1.29, 1.82) is 0 Å². The van der Waals surface area contributed by atoms with Gasteiger partial charge in [-0.05, 0) is 19.1 Å². The van der Waals surface area contributed by atoms with E-state index in [2.05, 4.69) is 20.8 Å². The van der Waals surface area contributed by atoms with Crippen LogP contribution in [0.1, 0.15) is 25.3 Å². The van der Waals surface area contributed by atoms with Gasteiger partial charge in [0, 0.05) is 24.6 Å². The van der Waals surface area contributed by atoms with Crippen molar-refractivity contribution in [3.63, 3.8) is 0 Å². The molecule has 1 aromatic carbocycles. The lowest BCUT2D eigenvalue weighted by atomic mass is 10.2. The summed E-state index contributed by atoms with van der Waals surface area (Å²) < 4.78 is 15.8. The maximum Gasteiger partial charge on any atom is 0.249 e. The minimum atomic E-state index is -0.371. The first-order chi connectivity index (χ1) is 12.2. The Morgan fingerprint density at radius 1 is 1.50 bits per heavy atom. The van der Waals surface area contributed by atoms with Crippen LogP contribution >= 0.6 is 12.4 Å². The number of carbonyl (C=O) groups is 1. The summed E-state index contributed by atoms with van der Waals surface area (Å²) in [5.74, 6) is 1.44. The van der Waals surface area contributed by atoms with Crippen molar-refractivity contribution in [2.45, 2.75) is 25.4 Å². The molecule has 0 bridgehead atoms. The number of hydrogen-bond acceptors (Lipinski definition) is 7. The van der Waals surface area contributed by atoms with Crippen molar-refractivity contribution in [2.24, 2.45) is 0 Å². The van der Waals surface area contributed by atoms with E-state index in [1.54, 1.807) is 7.11 Å². The van der Waals surface area contributed by atoms with Gasteiger partial charge in [0.05, 0.1) is 20.3 Å². The Hall–Kier alpha value is -2.16. The van der Waals surface area contributed by atoms with Gasteiger partial charge in [-0.3, -0.25) is 4.79 Å². The first-order valence-corrected chi connectivity index (χ1v) is 8.24. The lowest BCUT2D eigenvalue weighted by Crippen LogP contribution is -2.44. The van der Waals surface area contributed by atoms with Crippen LogP contribution < -0.4 is 15.4 Å². The highest BCUT2D eigenvalue weighted by Crippen LogP contribution is 2.22. The van der Waals surface area contributed by atoms with Gasteiger partial charge in [0.1, 0.15) is 11.8 Å². The predicted molar refractivity (Wildman–Crippen MR) is 97.3 cm³/mol. The molecule has 142 valence electrons. The quantitative estimate of drug-likeness (QED) is 0.784. The van der Waals surface area contributed by atoms with E-state index in [-0.39, 0.29) is 30.4 Å². The van der Waals surface area contributed by atoms with E-state index in [1.165, 1.54) is 0 Å². The Labute approximate surface area is 158 Å². The fourth-order valence-corrected chi connectivity index (χ4v) is 2.63. The molecule has 1 saturated heterocycles. The number of benzene rings is 1. The maximum atomic E-state index is 12.1. The molecule has 9 heteroatoms. The molecule has 26 heavy (non-hydrogen) atoms. The van der Waals surface area contributed by atoms with Crippen molar-refractivity contribution in [3.8, 4) is 17.1 Å². The minimum absolute atomic E-state index is 0. The van der Waals surface area contributed by atoms with E-state index < -0.39 is 0 Å². The highest BCUT2D eigenvalue weighted by molar-refractivity contribution is 5.85. The number of rotatable bonds is 6. The number of amides is 1. The van der Waals surface area contributed by atoms with Crippen molar-refractivity contribution in [3.05, 3.63) is 30.2 Å². The molecule has 2 unspecified atom stereocenters. The zero-order valence-electron chi connectivity index (χ0n) is 14.7. The molecule has 3 rings (SSSR count). The molecule has 1 amide bonds. The maximum absolute atomic E-state index is 12.1. The van der Waals surface area contributed by atoms with E-state index in [4.69, 9.17) is 14.0 Å². The molecule has 2 heterocycles. The van der Waals surface area contributed by atoms with Crippen LogP contribution in [0, 0.1) is 0 Å². The SMILES string of the molecule is COc1cccc(-c2noc(C(C)NC(=O)CC3COCCN3)n2)c1.Cl. The third-order valence-electron chi connectivity index (χ3n) is 3.95. The topological polar surface area (TPSA) is 98.5 Å². The highest BCUT2D eigenvalue weighted by Gasteiger charge is 2.21. The Balaban J connectivity index is 0.00000243. The van der Waals surface area contributed by atoms with Gasteiger partial charge >= 0.3 is 0 Å². The van der Waals surface area contributed by atoms with E-state index in [9.17, 15) is 4.79 Å². The van der Waals surface area contributed by atoms with Crippen LogP contribution in [0.2, 0.25) is 0 Å². The van der Waals surface area contributed by atoms with Crippen molar-refractivity contribution in [2.75, 3.05) is 26.9 Å². The van der Waals surface area contributed by atoms with E-state index in [1.807, 2.05) is 31.2 Å². The molecule has 1 aromatic heterocycles. The van der Waals surface area contributed by atoms with Gasteiger partial charge in [-0.25, -0.2) is 0 Å². The molecule has 0 spiro atoms. The average Bonchev–Trinajstić information content (AvgIpc) is 3.13. The fourth-order valence-electron chi connectivity index (χ4n) is 2.63. The van der Waals surface area contributed by atoms with Gasteiger partial charge in [0.25, 0.3) is 0 Å². The van der Waals surface area contributed by atoms with Crippen LogP contribution in [-0.4, -0.2) is 49.0 Å². The Kier molecular flexibility index (Phi) is 7.38. The smallest absolute Gasteiger partial charge is 0.249 e. The van der Waals surface area contributed by atoms with Gasteiger partial charge in [-0.2, -0.15) is 4.98 Å².